The number of amides is 1. The molecule has 0 spiro atoms. The van der Waals surface area contributed by atoms with E-state index in [0.29, 0.717) is 0 Å². The van der Waals surface area contributed by atoms with E-state index in [9.17, 15) is 13.2 Å². The molecule has 1 aromatic rings. The zero-order valence-electron chi connectivity index (χ0n) is 11.9. The van der Waals surface area contributed by atoms with Crippen molar-refractivity contribution in [3.63, 3.8) is 0 Å². The molecular weight excluding hydrogens is 344 g/mol. The van der Waals surface area contributed by atoms with Crippen LogP contribution in [0.5, 0.6) is 0 Å². The highest BCUT2D eigenvalue weighted by Gasteiger charge is 2.24. The van der Waals surface area contributed by atoms with Gasteiger partial charge in [-0.3, -0.25) is 4.79 Å². The lowest BCUT2D eigenvalue weighted by atomic mass is 10.1. The molecule has 0 aromatic heterocycles. The quantitative estimate of drug-likeness (QED) is 0.860. The summed E-state index contributed by atoms with van der Waals surface area (Å²) in [6, 6.07) is 5.37. The van der Waals surface area contributed by atoms with Crippen LogP contribution in [0.4, 0.5) is 0 Å². The minimum atomic E-state index is -3.71. The topological polar surface area (TPSA) is 75.3 Å². The van der Waals surface area contributed by atoms with Gasteiger partial charge in [0.2, 0.25) is 15.9 Å². The number of sulfonamides is 1. The lowest BCUT2D eigenvalue weighted by molar-refractivity contribution is -0.123. The van der Waals surface area contributed by atoms with Gasteiger partial charge in [-0.1, -0.05) is 15.9 Å². The zero-order valence-corrected chi connectivity index (χ0v) is 14.3. The minimum absolute atomic E-state index is 0.121. The third-order valence-corrected chi connectivity index (χ3v) is 4.43. The van der Waals surface area contributed by atoms with E-state index >= 15 is 0 Å². The highest BCUT2D eigenvalue weighted by Crippen LogP contribution is 2.14. The van der Waals surface area contributed by atoms with Gasteiger partial charge in [-0.05, 0) is 52.0 Å². The van der Waals surface area contributed by atoms with Gasteiger partial charge in [0.05, 0.1) is 10.9 Å². The minimum Gasteiger partial charge on any atom is -0.350 e. The van der Waals surface area contributed by atoms with Crippen molar-refractivity contribution < 1.29 is 13.2 Å². The lowest BCUT2D eigenvalue weighted by Crippen LogP contribution is -2.50. The predicted octanol–water partition coefficient (Wildman–Crippen LogP) is 2.03. The molecule has 112 valence electrons. The molecule has 0 aliphatic rings. The van der Waals surface area contributed by atoms with E-state index in [4.69, 9.17) is 0 Å². The molecule has 20 heavy (non-hydrogen) atoms. The van der Waals surface area contributed by atoms with E-state index in [1.165, 1.54) is 19.1 Å². The van der Waals surface area contributed by atoms with Crippen molar-refractivity contribution in [2.75, 3.05) is 0 Å². The first-order chi connectivity index (χ1) is 9.01. The van der Waals surface area contributed by atoms with E-state index in [2.05, 4.69) is 26.0 Å². The summed E-state index contributed by atoms with van der Waals surface area (Å²) in [4.78, 5) is 12.0. The molecule has 0 fully saturated rings. The van der Waals surface area contributed by atoms with E-state index in [0.717, 1.165) is 4.47 Å². The van der Waals surface area contributed by atoms with E-state index in [1.54, 1.807) is 12.1 Å². The monoisotopic (exact) mass is 362 g/mol. The van der Waals surface area contributed by atoms with Crippen molar-refractivity contribution in [3.05, 3.63) is 28.7 Å². The summed E-state index contributed by atoms with van der Waals surface area (Å²) < 4.78 is 27.4. The Hall–Kier alpha value is -0.920. The molecule has 7 heteroatoms. The van der Waals surface area contributed by atoms with Crippen LogP contribution in [0.3, 0.4) is 0 Å². The number of carbonyl (C=O) groups excluding carboxylic acids is 1. The predicted molar refractivity (Wildman–Crippen MR) is 81.8 cm³/mol. The summed E-state index contributed by atoms with van der Waals surface area (Å²) in [6.45, 7) is 7.01. The first kappa shape index (κ1) is 17.1. The molecule has 2 N–H and O–H groups in total. The Morgan fingerprint density at radius 3 is 2.15 bits per heavy atom. The van der Waals surface area contributed by atoms with Crippen LogP contribution >= 0.6 is 15.9 Å². The molecule has 0 bridgehead atoms. The fraction of sp³-hybridized carbons (Fsp3) is 0.462. The highest BCUT2D eigenvalue weighted by molar-refractivity contribution is 9.10. The lowest BCUT2D eigenvalue weighted by Gasteiger charge is -2.23. The average molecular weight is 363 g/mol. The van der Waals surface area contributed by atoms with Crippen LogP contribution in [0.25, 0.3) is 0 Å². The average Bonchev–Trinajstić information content (AvgIpc) is 2.26. The third-order valence-electron chi connectivity index (χ3n) is 2.35. The molecule has 1 unspecified atom stereocenters. The Kier molecular flexibility index (Phi) is 5.34. The smallest absolute Gasteiger partial charge is 0.241 e. The maximum Gasteiger partial charge on any atom is 0.241 e. The SMILES string of the molecule is CC(NS(=O)(=O)c1ccc(Br)cc1)C(=O)NC(C)(C)C. The van der Waals surface area contributed by atoms with Gasteiger partial charge < -0.3 is 5.32 Å². The first-order valence-corrected chi connectivity index (χ1v) is 8.39. The fourth-order valence-corrected chi connectivity index (χ4v) is 2.91. The summed E-state index contributed by atoms with van der Waals surface area (Å²) >= 11 is 3.24. The highest BCUT2D eigenvalue weighted by atomic mass is 79.9. The van der Waals surface area contributed by atoms with E-state index < -0.39 is 21.6 Å². The van der Waals surface area contributed by atoms with Crippen molar-refractivity contribution in [1.29, 1.82) is 0 Å². The van der Waals surface area contributed by atoms with Gasteiger partial charge in [0, 0.05) is 10.0 Å². The summed E-state index contributed by atoms with van der Waals surface area (Å²) in [7, 11) is -3.71. The molecule has 0 saturated heterocycles. The number of halogens is 1. The van der Waals surface area contributed by atoms with Crippen LogP contribution in [0.15, 0.2) is 33.6 Å². The first-order valence-electron chi connectivity index (χ1n) is 6.11. The molecule has 5 nitrogen and oxygen atoms in total. The summed E-state index contributed by atoms with van der Waals surface area (Å²) in [5.74, 6) is -0.363. The molecule has 0 aliphatic heterocycles. The standard InChI is InChI=1S/C13H19BrN2O3S/c1-9(12(17)15-13(2,3)4)16-20(18,19)11-7-5-10(14)6-8-11/h5-9,16H,1-4H3,(H,15,17). The van der Waals surface area contributed by atoms with Crippen LogP contribution in [-0.2, 0) is 14.8 Å². The van der Waals surface area contributed by atoms with Gasteiger partial charge >= 0.3 is 0 Å². The van der Waals surface area contributed by atoms with Gasteiger partial charge in [0.1, 0.15) is 0 Å². The number of rotatable bonds is 4. The molecule has 0 saturated carbocycles. The van der Waals surface area contributed by atoms with Crippen molar-refractivity contribution in [2.45, 2.75) is 44.2 Å². The molecule has 0 radical (unpaired) electrons. The van der Waals surface area contributed by atoms with Gasteiger partial charge in [0.15, 0.2) is 0 Å². The summed E-state index contributed by atoms with van der Waals surface area (Å²) in [5, 5.41) is 2.73. The molecule has 0 aliphatic carbocycles. The number of benzene rings is 1. The summed E-state index contributed by atoms with van der Waals surface area (Å²) in [6.07, 6.45) is 0. The molecule has 1 amide bonds. The van der Waals surface area contributed by atoms with Crippen molar-refractivity contribution in [3.8, 4) is 0 Å². The second kappa shape index (κ2) is 6.24. The maximum absolute atomic E-state index is 12.1. The van der Waals surface area contributed by atoms with Crippen LogP contribution in [0.2, 0.25) is 0 Å². The van der Waals surface area contributed by atoms with E-state index in [1.807, 2.05) is 20.8 Å². The molecular formula is C13H19BrN2O3S. The third kappa shape index (κ3) is 5.22. The molecule has 0 heterocycles. The second-order valence-electron chi connectivity index (χ2n) is 5.54. The van der Waals surface area contributed by atoms with Crippen molar-refractivity contribution >= 4 is 31.9 Å². The van der Waals surface area contributed by atoms with Crippen LogP contribution < -0.4 is 10.0 Å². The number of hydrogen-bond donors (Lipinski definition) is 2. The molecule has 1 aromatic carbocycles. The van der Waals surface area contributed by atoms with Crippen LogP contribution in [0, 0.1) is 0 Å². The Balaban J connectivity index is 2.81. The fourth-order valence-electron chi connectivity index (χ4n) is 1.45. The van der Waals surface area contributed by atoms with Gasteiger partial charge in [-0.2, -0.15) is 4.72 Å². The van der Waals surface area contributed by atoms with Gasteiger partial charge in [0.25, 0.3) is 0 Å². The normalized spacial score (nSPS) is 13.8. The van der Waals surface area contributed by atoms with Crippen molar-refractivity contribution in [2.24, 2.45) is 0 Å². The summed E-state index contributed by atoms with van der Waals surface area (Å²) in [5.41, 5.74) is -0.408. The molecule has 1 rings (SSSR count). The molecule has 1 atom stereocenters. The van der Waals surface area contributed by atoms with Crippen LogP contribution in [0.1, 0.15) is 27.7 Å². The Bertz CT molecular complexity index is 577. The Labute approximate surface area is 128 Å². The Morgan fingerprint density at radius 2 is 1.70 bits per heavy atom. The zero-order chi connectivity index (χ0) is 15.6. The van der Waals surface area contributed by atoms with E-state index in [-0.39, 0.29) is 10.8 Å². The Morgan fingerprint density at radius 1 is 1.20 bits per heavy atom. The van der Waals surface area contributed by atoms with Crippen LogP contribution in [-0.4, -0.2) is 25.9 Å². The van der Waals surface area contributed by atoms with Crippen molar-refractivity contribution in [1.82, 2.24) is 10.0 Å². The van der Waals surface area contributed by atoms with Gasteiger partial charge in [-0.25, -0.2) is 8.42 Å². The second-order valence-corrected chi connectivity index (χ2v) is 8.17. The van der Waals surface area contributed by atoms with Gasteiger partial charge in [-0.15, -0.1) is 0 Å². The number of carbonyl (C=O) groups is 1. The maximum atomic E-state index is 12.1. The number of hydrogen-bond acceptors (Lipinski definition) is 3. The largest absolute Gasteiger partial charge is 0.350 e. The number of nitrogens with one attached hydrogen (secondary N) is 2.